The Balaban J connectivity index is 1.54. The Morgan fingerprint density at radius 3 is 3.27 bits per heavy atom. The number of rotatable bonds is 5. The Hall–Kier alpha value is -0.450. The van der Waals surface area contributed by atoms with E-state index < -0.39 is 0 Å². The number of thiazole rings is 1. The van der Waals surface area contributed by atoms with E-state index in [0.29, 0.717) is 6.10 Å². The minimum Gasteiger partial charge on any atom is -0.378 e. The van der Waals surface area contributed by atoms with Crippen LogP contribution in [0.5, 0.6) is 0 Å². The molecule has 84 valence electrons. The summed E-state index contributed by atoms with van der Waals surface area (Å²) < 4.78 is 5.66. The number of nitrogens with one attached hydrogen (secondary N) is 1. The third kappa shape index (κ3) is 3.89. The van der Waals surface area contributed by atoms with Gasteiger partial charge in [0.15, 0.2) is 0 Å². The van der Waals surface area contributed by atoms with E-state index in [1.165, 1.54) is 19.3 Å². The Morgan fingerprint density at radius 1 is 1.53 bits per heavy atom. The van der Waals surface area contributed by atoms with Gasteiger partial charge >= 0.3 is 0 Å². The van der Waals surface area contributed by atoms with Gasteiger partial charge < -0.3 is 10.1 Å². The normalized spacial score (nSPS) is 21.7. The molecule has 15 heavy (non-hydrogen) atoms. The zero-order valence-corrected chi connectivity index (χ0v) is 9.76. The lowest BCUT2D eigenvalue weighted by molar-refractivity contribution is 0.0115. The van der Waals surface area contributed by atoms with E-state index in [0.717, 1.165) is 31.8 Å². The van der Waals surface area contributed by atoms with E-state index in [1.54, 1.807) is 11.3 Å². The zero-order chi connectivity index (χ0) is 10.3. The molecular weight excluding hydrogens is 208 g/mol. The highest BCUT2D eigenvalue weighted by Gasteiger charge is 2.12. The summed E-state index contributed by atoms with van der Waals surface area (Å²) >= 11 is 1.65. The molecule has 4 heteroatoms. The van der Waals surface area contributed by atoms with E-state index in [2.05, 4.69) is 15.7 Å². The molecule has 0 aromatic carbocycles. The number of hydrogen-bond donors (Lipinski definition) is 1. The SMILES string of the molecule is c1nc(CNCCC2CCCCO2)cs1. The van der Waals surface area contributed by atoms with Crippen molar-refractivity contribution in [1.82, 2.24) is 10.3 Å². The van der Waals surface area contributed by atoms with E-state index in [9.17, 15) is 0 Å². The van der Waals surface area contributed by atoms with E-state index >= 15 is 0 Å². The second kappa shape index (κ2) is 6.20. The maximum Gasteiger partial charge on any atom is 0.0795 e. The molecule has 1 saturated heterocycles. The van der Waals surface area contributed by atoms with Crippen LogP contribution in [0.25, 0.3) is 0 Å². The predicted molar refractivity (Wildman–Crippen MR) is 62.0 cm³/mol. The second-order valence-electron chi connectivity index (χ2n) is 3.93. The van der Waals surface area contributed by atoms with Crippen LogP contribution in [-0.2, 0) is 11.3 Å². The molecule has 0 radical (unpaired) electrons. The number of aromatic nitrogens is 1. The Morgan fingerprint density at radius 2 is 2.53 bits per heavy atom. The quantitative estimate of drug-likeness (QED) is 0.782. The topological polar surface area (TPSA) is 34.2 Å². The van der Waals surface area contributed by atoms with Crippen molar-refractivity contribution in [2.75, 3.05) is 13.2 Å². The fourth-order valence-corrected chi connectivity index (χ4v) is 2.40. The summed E-state index contributed by atoms with van der Waals surface area (Å²) in [6.45, 7) is 2.87. The molecule has 1 atom stereocenters. The molecule has 2 heterocycles. The Bertz CT molecular complexity index is 258. The Kier molecular flexibility index (Phi) is 4.57. The average molecular weight is 226 g/mol. The summed E-state index contributed by atoms with van der Waals surface area (Å²) in [5, 5.41) is 5.49. The molecular formula is C11H18N2OS. The first-order valence-electron chi connectivity index (χ1n) is 5.64. The first-order chi connectivity index (χ1) is 7.45. The van der Waals surface area contributed by atoms with Gasteiger partial charge in [-0.2, -0.15) is 0 Å². The molecule has 1 aromatic rings. The molecule has 0 spiro atoms. The van der Waals surface area contributed by atoms with Gasteiger partial charge in [0, 0.05) is 18.5 Å². The lowest BCUT2D eigenvalue weighted by atomic mass is 10.1. The van der Waals surface area contributed by atoms with Crippen molar-refractivity contribution in [1.29, 1.82) is 0 Å². The van der Waals surface area contributed by atoms with Gasteiger partial charge in [-0.25, -0.2) is 4.98 Å². The molecule has 1 N–H and O–H groups in total. The molecule has 1 fully saturated rings. The maximum atomic E-state index is 5.66. The van der Waals surface area contributed by atoms with E-state index in [1.807, 2.05) is 5.51 Å². The summed E-state index contributed by atoms with van der Waals surface area (Å²) in [5.41, 5.74) is 3.02. The molecule has 1 unspecified atom stereocenters. The Labute approximate surface area is 94.9 Å². The van der Waals surface area contributed by atoms with Crippen molar-refractivity contribution in [2.24, 2.45) is 0 Å². The maximum absolute atomic E-state index is 5.66. The largest absolute Gasteiger partial charge is 0.378 e. The highest BCUT2D eigenvalue weighted by Crippen LogP contribution is 2.14. The average Bonchev–Trinajstić information content (AvgIpc) is 2.79. The van der Waals surface area contributed by atoms with Gasteiger partial charge in [-0.15, -0.1) is 11.3 Å². The van der Waals surface area contributed by atoms with Crippen LogP contribution in [0.3, 0.4) is 0 Å². The van der Waals surface area contributed by atoms with Gasteiger partial charge in [-0.3, -0.25) is 0 Å². The van der Waals surface area contributed by atoms with E-state index in [4.69, 9.17) is 4.74 Å². The highest BCUT2D eigenvalue weighted by atomic mass is 32.1. The highest BCUT2D eigenvalue weighted by molar-refractivity contribution is 7.07. The van der Waals surface area contributed by atoms with Crippen molar-refractivity contribution in [3.63, 3.8) is 0 Å². The number of hydrogen-bond acceptors (Lipinski definition) is 4. The molecule has 2 rings (SSSR count). The zero-order valence-electron chi connectivity index (χ0n) is 8.95. The third-order valence-electron chi connectivity index (χ3n) is 2.71. The van der Waals surface area contributed by atoms with E-state index in [-0.39, 0.29) is 0 Å². The van der Waals surface area contributed by atoms with Gasteiger partial charge in [0.1, 0.15) is 0 Å². The van der Waals surface area contributed by atoms with Crippen molar-refractivity contribution in [2.45, 2.75) is 38.3 Å². The first kappa shape index (κ1) is 11.0. The molecule has 1 aliphatic heterocycles. The minimum absolute atomic E-state index is 0.488. The first-order valence-corrected chi connectivity index (χ1v) is 6.59. The summed E-state index contributed by atoms with van der Waals surface area (Å²) in [7, 11) is 0. The smallest absolute Gasteiger partial charge is 0.0795 e. The molecule has 3 nitrogen and oxygen atoms in total. The third-order valence-corrected chi connectivity index (χ3v) is 3.34. The van der Waals surface area contributed by atoms with Gasteiger partial charge in [-0.1, -0.05) is 0 Å². The molecule has 0 saturated carbocycles. The van der Waals surface area contributed by atoms with Crippen LogP contribution < -0.4 is 5.32 Å². The van der Waals surface area contributed by atoms with Crippen LogP contribution >= 0.6 is 11.3 Å². The van der Waals surface area contributed by atoms with Crippen molar-refractivity contribution < 1.29 is 4.74 Å². The lowest BCUT2D eigenvalue weighted by Gasteiger charge is -2.22. The van der Waals surface area contributed by atoms with Crippen LogP contribution in [0.15, 0.2) is 10.9 Å². The van der Waals surface area contributed by atoms with Gasteiger partial charge in [0.2, 0.25) is 0 Å². The monoisotopic (exact) mass is 226 g/mol. The standard InChI is InChI=1S/C11H18N2OS/c1-2-6-14-11(3-1)4-5-12-7-10-8-15-9-13-10/h8-9,11-12H,1-7H2. The van der Waals surface area contributed by atoms with Crippen LogP contribution in [0.1, 0.15) is 31.4 Å². The van der Waals surface area contributed by atoms with Gasteiger partial charge in [-0.05, 0) is 32.2 Å². The summed E-state index contributed by atoms with van der Waals surface area (Å²) in [4.78, 5) is 4.23. The minimum atomic E-state index is 0.488. The fourth-order valence-electron chi connectivity index (χ4n) is 1.84. The molecule has 0 bridgehead atoms. The van der Waals surface area contributed by atoms with Gasteiger partial charge in [0.05, 0.1) is 17.3 Å². The molecule has 0 amide bonds. The fraction of sp³-hybridized carbons (Fsp3) is 0.727. The van der Waals surface area contributed by atoms with Crippen molar-refractivity contribution >= 4 is 11.3 Å². The van der Waals surface area contributed by atoms with Crippen molar-refractivity contribution in [3.05, 3.63) is 16.6 Å². The molecule has 1 aliphatic rings. The second-order valence-corrected chi connectivity index (χ2v) is 4.65. The number of ether oxygens (including phenoxy) is 1. The summed E-state index contributed by atoms with van der Waals surface area (Å²) in [5.74, 6) is 0. The summed E-state index contributed by atoms with van der Waals surface area (Å²) in [6.07, 6.45) is 5.42. The lowest BCUT2D eigenvalue weighted by Crippen LogP contribution is -2.25. The predicted octanol–water partition coefficient (Wildman–Crippen LogP) is 2.19. The van der Waals surface area contributed by atoms with Crippen LogP contribution in [-0.4, -0.2) is 24.2 Å². The molecule has 0 aliphatic carbocycles. The summed E-state index contributed by atoms with van der Waals surface area (Å²) in [6, 6.07) is 0. The van der Waals surface area contributed by atoms with Crippen LogP contribution in [0.4, 0.5) is 0 Å². The van der Waals surface area contributed by atoms with Gasteiger partial charge in [0.25, 0.3) is 0 Å². The van der Waals surface area contributed by atoms with Crippen LogP contribution in [0.2, 0.25) is 0 Å². The number of nitrogens with zero attached hydrogens (tertiary/aromatic N) is 1. The van der Waals surface area contributed by atoms with Crippen molar-refractivity contribution in [3.8, 4) is 0 Å². The van der Waals surface area contributed by atoms with Crippen LogP contribution in [0, 0.1) is 0 Å². The molecule has 1 aromatic heterocycles.